The van der Waals surface area contributed by atoms with Crippen molar-refractivity contribution >= 4 is 17.4 Å². The second-order valence-electron chi connectivity index (χ2n) is 8.85. The van der Waals surface area contributed by atoms with E-state index in [1.165, 1.54) is 4.58 Å². The summed E-state index contributed by atoms with van der Waals surface area (Å²) in [6.07, 6.45) is 0.823. The highest BCUT2D eigenvalue weighted by molar-refractivity contribution is 6.02. The Hall–Kier alpha value is -3.55. The number of alkyl halides is 3. The van der Waals surface area contributed by atoms with Gasteiger partial charge in [-0.3, -0.25) is 0 Å². The molecule has 0 saturated carbocycles. The first-order chi connectivity index (χ1) is 17.2. The van der Waals surface area contributed by atoms with E-state index in [0.29, 0.717) is 22.8 Å². The molecule has 0 amide bonds. The summed E-state index contributed by atoms with van der Waals surface area (Å²) in [5.41, 5.74) is 3.05. The van der Waals surface area contributed by atoms with Crippen molar-refractivity contribution in [2.45, 2.75) is 32.9 Å². The van der Waals surface area contributed by atoms with Gasteiger partial charge < -0.3 is 14.7 Å². The molecule has 2 aromatic rings. The first-order valence-electron chi connectivity index (χ1n) is 12.1. The summed E-state index contributed by atoms with van der Waals surface area (Å²) in [5, 5.41) is 9.89. The monoisotopic (exact) mass is 499 g/mol. The van der Waals surface area contributed by atoms with E-state index in [1.807, 2.05) is 24.3 Å². The van der Waals surface area contributed by atoms with Crippen molar-refractivity contribution in [1.82, 2.24) is 0 Å². The fourth-order valence-electron chi connectivity index (χ4n) is 5.06. The second-order valence-corrected chi connectivity index (χ2v) is 8.85. The van der Waals surface area contributed by atoms with Crippen LogP contribution >= 0.6 is 0 Å². The molecule has 8 heteroatoms. The van der Waals surface area contributed by atoms with Gasteiger partial charge in [0.25, 0.3) is 0 Å². The van der Waals surface area contributed by atoms with Crippen LogP contribution in [0, 0.1) is 5.92 Å². The first-order valence-corrected chi connectivity index (χ1v) is 12.1. The third-order valence-corrected chi connectivity index (χ3v) is 6.78. The van der Waals surface area contributed by atoms with Gasteiger partial charge in [-0.1, -0.05) is 30.3 Å². The van der Waals surface area contributed by atoms with E-state index in [4.69, 9.17) is 4.74 Å². The van der Waals surface area contributed by atoms with Gasteiger partial charge in [0, 0.05) is 54.4 Å². The van der Waals surface area contributed by atoms with Crippen molar-refractivity contribution < 1.29 is 32.4 Å². The molecule has 2 unspecified atom stereocenters. The zero-order chi connectivity index (χ0) is 26.0. The molecule has 2 aromatic carbocycles. The van der Waals surface area contributed by atoms with Gasteiger partial charge in [-0.05, 0) is 38.5 Å². The van der Waals surface area contributed by atoms with Crippen LogP contribution in [0.3, 0.4) is 0 Å². The van der Waals surface area contributed by atoms with E-state index in [-0.39, 0.29) is 23.9 Å². The molecule has 0 spiro atoms. The smallest absolute Gasteiger partial charge is 0.448 e. The maximum Gasteiger partial charge on any atom is 0.448 e. The summed E-state index contributed by atoms with van der Waals surface area (Å²) < 4.78 is 47.1. The summed E-state index contributed by atoms with van der Waals surface area (Å²) in [7, 11) is 0. The molecule has 1 aliphatic heterocycles. The SMILES string of the molecule is CCN(CC)c1ccc2c(c1)OC1=C/C(=[N+](/CC)CC(F)(F)F)C=CC1C2c1ccccc1C(=O)O. The van der Waals surface area contributed by atoms with Crippen molar-refractivity contribution in [2.75, 3.05) is 31.1 Å². The molecule has 0 aromatic heterocycles. The number of carboxylic acids is 1. The van der Waals surface area contributed by atoms with Gasteiger partial charge in [0.05, 0.1) is 5.56 Å². The minimum Gasteiger partial charge on any atom is -0.478 e. The Morgan fingerprint density at radius 2 is 1.81 bits per heavy atom. The number of halogens is 3. The number of rotatable bonds is 7. The first kappa shape index (κ1) is 25.5. The molecule has 0 bridgehead atoms. The molecule has 1 aliphatic carbocycles. The number of ether oxygens (including phenoxy) is 1. The predicted molar refractivity (Wildman–Crippen MR) is 133 cm³/mol. The topological polar surface area (TPSA) is 52.8 Å². The minimum absolute atomic E-state index is 0.182. The van der Waals surface area contributed by atoms with E-state index in [9.17, 15) is 23.1 Å². The van der Waals surface area contributed by atoms with Crippen LogP contribution in [0.5, 0.6) is 5.75 Å². The number of nitrogens with zero attached hydrogens (tertiary/aromatic N) is 2. The van der Waals surface area contributed by atoms with Crippen molar-refractivity contribution in [1.29, 1.82) is 0 Å². The standard InChI is InChI=1S/C28H29F3N2O3/c1-4-32(5-2)18-11-13-22-24(15-18)36-25-16-19(33(6-3)17-28(29,30)31)12-14-23(25)26(22)20-9-7-8-10-21(20)27(34)35/h7-16,23,26H,4-6,17H2,1-3H3/p+1/b33-19-. The van der Waals surface area contributed by atoms with Crippen molar-refractivity contribution in [3.63, 3.8) is 0 Å². The van der Waals surface area contributed by atoms with E-state index < -0.39 is 18.7 Å². The minimum atomic E-state index is -4.34. The van der Waals surface area contributed by atoms with Crippen molar-refractivity contribution in [3.05, 3.63) is 83.1 Å². The van der Waals surface area contributed by atoms with E-state index in [0.717, 1.165) is 24.3 Å². The Morgan fingerprint density at radius 3 is 2.44 bits per heavy atom. The number of aromatic carboxylic acids is 1. The summed E-state index contributed by atoms with van der Waals surface area (Å²) in [5.74, 6) is -0.666. The third-order valence-electron chi connectivity index (χ3n) is 6.78. The maximum atomic E-state index is 13.2. The fourth-order valence-corrected chi connectivity index (χ4v) is 5.06. The highest BCUT2D eigenvalue weighted by atomic mass is 19.4. The number of hydrogen-bond acceptors (Lipinski definition) is 3. The number of benzene rings is 2. The summed E-state index contributed by atoms with van der Waals surface area (Å²) in [4.78, 5) is 14.3. The Kier molecular flexibility index (Phi) is 7.24. The molecule has 190 valence electrons. The number of fused-ring (bicyclic) bond motifs is 2. The zero-order valence-corrected chi connectivity index (χ0v) is 20.5. The van der Waals surface area contributed by atoms with Gasteiger partial charge in [0.1, 0.15) is 18.1 Å². The van der Waals surface area contributed by atoms with Crippen LogP contribution in [0.15, 0.2) is 66.5 Å². The highest BCUT2D eigenvalue weighted by Gasteiger charge is 2.40. The molecule has 5 nitrogen and oxygen atoms in total. The highest BCUT2D eigenvalue weighted by Crippen LogP contribution is 2.49. The number of carboxylic acid groups (broad SMARTS) is 1. The average Bonchev–Trinajstić information content (AvgIpc) is 2.85. The lowest BCUT2D eigenvalue weighted by molar-refractivity contribution is -0.554. The molecule has 36 heavy (non-hydrogen) atoms. The molecule has 1 N–H and O–H groups in total. The molecule has 1 heterocycles. The van der Waals surface area contributed by atoms with Crippen LogP contribution in [0.1, 0.15) is 48.2 Å². The summed E-state index contributed by atoms with van der Waals surface area (Å²) in [6, 6.07) is 12.8. The molecule has 0 fully saturated rings. The van der Waals surface area contributed by atoms with E-state index >= 15 is 0 Å². The van der Waals surface area contributed by atoms with Gasteiger partial charge in [0.15, 0.2) is 0 Å². The van der Waals surface area contributed by atoms with Crippen LogP contribution in [-0.2, 0) is 0 Å². The molecule has 2 atom stereocenters. The molecule has 2 aliphatic rings. The van der Waals surface area contributed by atoms with Crippen LogP contribution in [-0.4, -0.2) is 53.7 Å². The number of allylic oxidation sites excluding steroid dienone is 3. The number of carbonyl (C=O) groups is 1. The molecular weight excluding hydrogens is 469 g/mol. The Labute approximate surface area is 208 Å². The lowest BCUT2D eigenvalue weighted by atomic mass is 9.74. The van der Waals surface area contributed by atoms with Gasteiger partial charge in [-0.15, -0.1) is 0 Å². The van der Waals surface area contributed by atoms with E-state index in [1.54, 1.807) is 43.3 Å². The normalized spacial score (nSPS) is 20.1. The largest absolute Gasteiger partial charge is 0.478 e. The number of anilines is 1. The summed E-state index contributed by atoms with van der Waals surface area (Å²) in [6.45, 7) is 6.51. The number of hydrogen-bond donors (Lipinski definition) is 1. The quantitative estimate of drug-likeness (QED) is 0.485. The average molecular weight is 500 g/mol. The van der Waals surface area contributed by atoms with Crippen molar-refractivity contribution in [2.24, 2.45) is 5.92 Å². The maximum absolute atomic E-state index is 13.2. The van der Waals surface area contributed by atoms with Gasteiger partial charge >= 0.3 is 12.1 Å². The van der Waals surface area contributed by atoms with Gasteiger partial charge in [-0.2, -0.15) is 13.2 Å². The molecule has 4 rings (SSSR count). The van der Waals surface area contributed by atoms with Crippen LogP contribution in [0.25, 0.3) is 0 Å². The Balaban J connectivity index is 1.89. The Bertz CT molecular complexity index is 1240. The van der Waals surface area contributed by atoms with Gasteiger partial charge in [0.2, 0.25) is 12.3 Å². The molecule has 0 radical (unpaired) electrons. The van der Waals surface area contributed by atoms with Crippen LogP contribution < -0.4 is 9.64 Å². The lowest BCUT2D eigenvalue weighted by Crippen LogP contribution is -2.33. The van der Waals surface area contributed by atoms with E-state index in [2.05, 4.69) is 18.7 Å². The molecule has 0 saturated heterocycles. The predicted octanol–water partition coefficient (Wildman–Crippen LogP) is 5.86. The zero-order valence-electron chi connectivity index (χ0n) is 20.5. The second kappa shape index (κ2) is 10.2. The van der Waals surface area contributed by atoms with Crippen molar-refractivity contribution in [3.8, 4) is 5.75 Å². The fraction of sp³-hybridized carbons (Fsp3) is 0.357. The summed E-state index contributed by atoms with van der Waals surface area (Å²) >= 11 is 0. The molecular formula is C28H30F3N2O3+. The Morgan fingerprint density at radius 1 is 1.08 bits per heavy atom. The third kappa shape index (κ3) is 5.03. The van der Waals surface area contributed by atoms with Crippen LogP contribution in [0.4, 0.5) is 18.9 Å². The van der Waals surface area contributed by atoms with Gasteiger partial charge in [-0.25, -0.2) is 9.37 Å². The lowest BCUT2D eigenvalue weighted by Gasteiger charge is -2.36. The van der Waals surface area contributed by atoms with Crippen LogP contribution in [0.2, 0.25) is 0 Å².